The van der Waals surface area contributed by atoms with Gasteiger partial charge in [0.25, 0.3) is 0 Å². The molecule has 1 heterocycles. The van der Waals surface area contributed by atoms with E-state index in [0.29, 0.717) is 0 Å². The summed E-state index contributed by atoms with van der Waals surface area (Å²) in [6, 6.07) is 10.2. The number of methoxy groups -OCH3 is 1. The summed E-state index contributed by atoms with van der Waals surface area (Å²) in [6.07, 6.45) is 1.91. The largest absolute Gasteiger partial charge is 0.497 e. The van der Waals surface area contributed by atoms with Crippen molar-refractivity contribution in [3.05, 3.63) is 46.8 Å². The molecule has 0 spiro atoms. The Bertz CT molecular complexity index is 640. The lowest BCUT2D eigenvalue weighted by atomic mass is 9.87. The Labute approximate surface area is 131 Å². The van der Waals surface area contributed by atoms with Crippen LogP contribution in [-0.4, -0.2) is 23.6 Å². The SMILES string of the molecule is CNC1c2cc(OC)ccc2CCC1S(=O)c1cccs1. The smallest absolute Gasteiger partial charge is 0.119 e. The number of benzene rings is 1. The highest BCUT2D eigenvalue weighted by atomic mass is 32.2. The number of hydrogen-bond acceptors (Lipinski definition) is 4. The molecule has 3 nitrogen and oxygen atoms in total. The van der Waals surface area contributed by atoms with Crippen LogP contribution in [0.5, 0.6) is 5.75 Å². The lowest BCUT2D eigenvalue weighted by Crippen LogP contribution is -2.36. The average Bonchev–Trinajstić information content (AvgIpc) is 3.06. The van der Waals surface area contributed by atoms with Crippen molar-refractivity contribution in [3.8, 4) is 5.75 Å². The maximum Gasteiger partial charge on any atom is 0.119 e. The van der Waals surface area contributed by atoms with Crippen LogP contribution in [0.1, 0.15) is 23.6 Å². The fourth-order valence-corrected chi connectivity index (χ4v) is 5.72. The highest BCUT2D eigenvalue weighted by molar-refractivity contribution is 7.88. The summed E-state index contributed by atoms with van der Waals surface area (Å²) in [5, 5.41) is 5.45. The monoisotopic (exact) mass is 321 g/mol. The Hall–Kier alpha value is -1.17. The molecule has 0 radical (unpaired) electrons. The zero-order valence-corrected chi connectivity index (χ0v) is 13.8. The number of aryl methyl sites for hydroxylation is 1. The molecule has 5 heteroatoms. The molecule has 21 heavy (non-hydrogen) atoms. The zero-order chi connectivity index (χ0) is 14.8. The Morgan fingerprint density at radius 2 is 2.24 bits per heavy atom. The van der Waals surface area contributed by atoms with Crippen molar-refractivity contribution in [1.82, 2.24) is 5.32 Å². The van der Waals surface area contributed by atoms with Gasteiger partial charge in [0, 0.05) is 6.04 Å². The maximum absolute atomic E-state index is 12.8. The minimum Gasteiger partial charge on any atom is -0.497 e. The second-order valence-electron chi connectivity index (χ2n) is 5.14. The molecule has 3 rings (SSSR count). The fraction of sp³-hybridized carbons (Fsp3) is 0.375. The zero-order valence-electron chi connectivity index (χ0n) is 12.2. The molecule has 0 saturated carbocycles. The van der Waals surface area contributed by atoms with Gasteiger partial charge < -0.3 is 10.1 Å². The predicted octanol–water partition coefficient (Wildman–Crippen LogP) is 3.14. The maximum atomic E-state index is 12.8. The van der Waals surface area contributed by atoms with E-state index in [4.69, 9.17) is 4.74 Å². The van der Waals surface area contributed by atoms with Gasteiger partial charge in [-0.3, -0.25) is 4.21 Å². The molecule has 112 valence electrons. The third-order valence-electron chi connectivity index (χ3n) is 4.04. The van der Waals surface area contributed by atoms with Crippen LogP contribution in [0.15, 0.2) is 39.9 Å². The summed E-state index contributed by atoms with van der Waals surface area (Å²) >= 11 is 1.57. The number of hydrogen-bond donors (Lipinski definition) is 1. The van der Waals surface area contributed by atoms with Crippen LogP contribution in [0.2, 0.25) is 0 Å². The number of fused-ring (bicyclic) bond motifs is 1. The van der Waals surface area contributed by atoms with E-state index in [1.165, 1.54) is 11.1 Å². The molecule has 0 fully saturated rings. The summed E-state index contributed by atoms with van der Waals surface area (Å²) in [6.45, 7) is 0. The topological polar surface area (TPSA) is 38.3 Å². The second-order valence-corrected chi connectivity index (χ2v) is 7.98. The number of thiophene rings is 1. The van der Waals surface area contributed by atoms with Crippen LogP contribution in [-0.2, 0) is 17.2 Å². The van der Waals surface area contributed by atoms with Gasteiger partial charge in [0.05, 0.1) is 27.4 Å². The van der Waals surface area contributed by atoms with Gasteiger partial charge in [-0.2, -0.15) is 0 Å². The molecular weight excluding hydrogens is 302 g/mol. The van der Waals surface area contributed by atoms with E-state index in [0.717, 1.165) is 22.8 Å². The number of nitrogens with one attached hydrogen (secondary N) is 1. The van der Waals surface area contributed by atoms with E-state index in [2.05, 4.69) is 17.4 Å². The van der Waals surface area contributed by atoms with Gasteiger partial charge in [0.2, 0.25) is 0 Å². The van der Waals surface area contributed by atoms with E-state index >= 15 is 0 Å². The predicted molar refractivity (Wildman–Crippen MR) is 87.6 cm³/mol. The molecule has 0 saturated heterocycles. The van der Waals surface area contributed by atoms with Gasteiger partial charge >= 0.3 is 0 Å². The molecule has 0 aliphatic heterocycles. The second kappa shape index (κ2) is 6.30. The van der Waals surface area contributed by atoms with Crippen LogP contribution in [0.25, 0.3) is 0 Å². The van der Waals surface area contributed by atoms with Gasteiger partial charge in [0.1, 0.15) is 5.75 Å². The van der Waals surface area contributed by atoms with Crippen molar-refractivity contribution < 1.29 is 8.95 Å². The molecule has 1 aromatic carbocycles. The Morgan fingerprint density at radius 3 is 2.90 bits per heavy atom. The highest BCUT2D eigenvalue weighted by Gasteiger charge is 2.33. The minimum atomic E-state index is -0.969. The first-order valence-electron chi connectivity index (χ1n) is 7.02. The van der Waals surface area contributed by atoms with Crippen molar-refractivity contribution >= 4 is 22.1 Å². The van der Waals surface area contributed by atoms with E-state index in [1.807, 2.05) is 30.6 Å². The molecule has 3 atom stereocenters. The number of ether oxygens (including phenoxy) is 1. The molecule has 2 aromatic rings. The summed E-state index contributed by atoms with van der Waals surface area (Å²) < 4.78 is 19.1. The van der Waals surface area contributed by atoms with Gasteiger partial charge in [-0.05, 0) is 54.6 Å². The van der Waals surface area contributed by atoms with E-state index in [9.17, 15) is 4.21 Å². The lowest BCUT2D eigenvalue weighted by molar-refractivity contribution is 0.411. The highest BCUT2D eigenvalue weighted by Crippen LogP contribution is 2.37. The summed E-state index contributed by atoms with van der Waals surface area (Å²) in [7, 11) is 2.65. The van der Waals surface area contributed by atoms with Gasteiger partial charge in [-0.1, -0.05) is 12.1 Å². The van der Waals surface area contributed by atoms with Crippen molar-refractivity contribution in [1.29, 1.82) is 0 Å². The van der Waals surface area contributed by atoms with Crippen LogP contribution in [0, 0.1) is 0 Å². The Morgan fingerprint density at radius 1 is 1.38 bits per heavy atom. The van der Waals surface area contributed by atoms with Crippen molar-refractivity contribution in [2.75, 3.05) is 14.2 Å². The molecule has 0 amide bonds. The lowest BCUT2D eigenvalue weighted by Gasteiger charge is -2.32. The van der Waals surface area contributed by atoms with Gasteiger partial charge in [-0.15, -0.1) is 11.3 Å². The van der Waals surface area contributed by atoms with E-state index in [1.54, 1.807) is 18.4 Å². The third-order valence-corrected chi connectivity index (χ3v) is 7.07. The molecular formula is C16H19NO2S2. The van der Waals surface area contributed by atoms with Crippen LogP contribution in [0.3, 0.4) is 0 Å². The van der Waals surface area contributed by atoms with Crippen LogP contribution in [0.4, 0.5) is 0 Å². The Kier molecular flexibility index (Phi) is 4.42. The summed E-state index contributed by atoms with van der Waals surface area (Å²) in [5.74, 6) is 0.858. The third kappa shape index (κ3) is 2.78. The van der Waals surface area contributed by atoms with Crippen molar-refractivity contribution in [3.63, 3.8) is 0 Å². The minimum absolute atomic E-state index is 0.104. The molecule has 1 aliphatic rings. The molecule has 3 unspecified atom stereocenters. The summed E-state index contributed by atoms with van der Waals surface area (Å²) in [5.41, 5.74) is 2.55. The molecule has 1 aliphatic carbocycles. The normalized spacial score (nSPS) is 22.6. The Balaban J connectivity index is 1.96. The van der Waals surface area contributed by atoms with Gasteiger partial charge in [0.15, 0.2) is 0 Å². The molecule has 1 aromatic heterocycles. The van der Waals surface area contributed by atoms with E-state index < -0.39 is 10.8 Å². The van der Waals surface area contributed by atoms with Crippen molar-refractivity contribution in [2.24, 2.45) is 0 Å². The van der Waals surface area contributed by atoms with Crippen molar-refractivity contribution in [2.45, 2.75) is 28.3 Å². The molecule has 1 N–H and O–H groups in total. The molecule has 0 bridgehead atoms. The van der Waals surface area contributed by atoms with Crippen LogP contribution < -0.4 is 10.1 Å². The van der Waals surface area contributed by atoms with Gasteiger partial charge in [-0.25, -0.2) is 0 Å². The first-order chi connectivity index (χ1) is 10.2. The average molecular weight is 321 g/mol. The van der Waals surface area contributed by atoms with E-state index in [-0.39, 0.29) is 11.3 Å². The van der Waals surface area contributed by atoms with Crippen LogP contribution >= 0.6 is 11.3 Å². The number of rotatable bonds is 4. The standard InChI is InChI=1S/C16H19NO2S2/c1-17-16-13-10-12(19-2)7-5-11(13)6-8-14(16)21(18)15-4-3-9-20-15/h3-5,7,9-10,14,16-17H,6,8H2,1-2H3. The first kappa shape index (κ1) is 14.8. The first-order valence-corrected chi connectivity index (χ1v) is 9.12. The fourth-order valence-electron chi connectivity index (χ4n) is 2.98. The summed E-state index contributed by atoms with van der Waals surface area (Å²) in [4.78, 5) is 0. The quantitative estimate of drug-likeness (QED) is 0.940.